The minimum Gasteiger partial charge on any atom is -0.504 e. The zero-order valence-corrected chi connectivity index (χ0v) is 13.9. The number of hydrogen-bond acceptors (Lipinski definition) is 7. The van der Waals surface area contributed by atoms with Gasteiger partial charge in [-0.15, -0.1) is 0 Å². The Labute approximate surface area is 140 Å². The Hall–Kier alpha value is -3.01. The Morgan fingerprint density at radius 3 is 2.96 bits per heavy atom. The van der Waals surface area contributed by atoms with Crippen LogP contribution in [0.1, 0.15) is 37.9 Å². The molecule has 0 aliphatic carbocycles. The highest BCUT2D eigenvalue weighted by Crippen LogP contribution is 2.26. The molecule has 1 aromatic carbocycles. The van der Waals surface area contributed by atoms with Crippen LogP contribution >= 0.6 is 0 Å². The Bertz CT molecular complexity index is 760. The van der Waals surface area contributed by atoms with Crippen molar-refractivity contribution in [2.24, 2.45) is 11.0 Å². The molecule has 1 heterocycles. The van der Waals surface area contributed by atoms with Crippen LogP contribution in [0.15, 0.2) is 27.7 Å². The molecular formula is C17H20N4O3. The second kappa shape index (κ2) is 8.02. The molecule has 0 radical (unpaired) electrons. The lowest BCUT2D eigenvalue weighted by Crippen LogP contribution is -1.94. The molecule has 126 valence electrons. The topological polar surface area (TPSA) is 104 Å². The van der Waals surface area contributed by atoms with E-state index in [2.05, 4.69) is 15.5 Å². The lowest BCUT2D eigenvalue weighted by Gasteiger charge is -2.05. The summed E-state index contributed by atoms with van der Waals surface area (Å²) in [6.07, 6.45) is 2.18. The molecular weight excluding hydrogens is 308 g/mol. The number of benzene rings is 1. The van der Waals surface area contributed by atoms with Crippen molar-refractivity contribution in [3.63, 3.8) is 0 Å². The molecule has 7 nitrogen and oxygen atoms in total. The SMILES string of the molecule is CCOc1cc(/C=N\Nc2oc(CC(C)C)nc2C#N)ccc1O. The van der Waals surface area contributed by atoms with Crippen molar-refractivity contribution in [1.29, 1.82) is 5.26 Å². The maximum atomic E-state index is 9.67. The number of phenolic OH excluding ortho intramolecular Hbond substituents is 1. The van der Waals surface area contributed by atoms with Crippen molar-refractivity contribution in [3.05, 3.63) is 35.3 Å². The van der Waals surface area contributed by atoms with Crippen LogP contribution in [0.4, 0.5) is 5.88 Å². The first-order chi connectivity index (χ1) is 11.5. The number of rotatable bonds is 7. The first kappa shape index (κ1) is 17.3. The first-order valence-corrected chi connectivity index (χ1v) is 7.68. The molecule has 0 amide bonds. The maximum Gasteiger partial charge on any atom is 0.252 e. The molecule has 2 aromatic rings. The van der Waals surface area contributed by atoms with Crippen LogP contribution in [0.2, 0.25) is 0 Å². The molecule has 0 atom stereocenters. The zero-order valence-electron chi connectivity index (χ0n) is 13.9. The quantitative estimate of drug-likeness (QED) is 0.597. The van der Waals surface area contributed by atoms with Gasteiger partial charge in [0.05, 0.1) is 12.8 Å². The number of oxazole rings is 1. The normalized spacial score (nSPS) is 11.0. The van der Waals surface area contributed by atoms with Crippen molar-refractivity contribution in [2.75, 3.05) is 12.0 Å². The number of phenols is 1. The van der Waals surface area contributed by atoms with Crippen LogP contribution in [-0.2, 0) is 6.42 Å². The number of aromatic hydroxyl groups is 1. The molecule has 24 heavy (non-hydrogen) atoms. The zero-order chi connectivity index (χ0) is 17.5. The molecule has 7 heteroatoms. The van der Waals surface area contributed by atoms with Gasteiger partial charge in [-0.25, -0.2) is 10.4 Å². The molecule has 0 saturated heterocycles. The Morgan fingerprint density at radius 2 is 2.29 bits per heavy atom. The Balaban J connectivity index is 2.10. The Morgan fingerprint density at radius 1 is 1.50 bits per heavy atom. The number of hydrazone groups is 1. The van der Waals surface area contributed by atoms with Gasteiger partial charge in [0.1, 0.15) is 6.07 Å². The highest BCUT2D eigenvalue weighted by molar-refractivity contribution is 5.81. The highest BCUT2D eigenvalue weighted by atomic mass is 16.5. The fourth-order valence-corrected chi connectivity index (χ4v) is 2.00. The van der Waals surface area contributed by atoms with Crippen molar-refractivity contribution in [3.8, 4) is 17.6 Å². The summed E-state index contributed by atoms with van der Waals surface area (Å²) < 4.78 is 10.8. The summed E-state index contributed by atoms with van der Waals surface area (Å²) in [7, 11) is 0. The van der Waals surface area contributed by atoms with Crippen LogP contribution in [0, 0.1) is 17.2 Å². The largest absolute Gasteiger partial charge is 0.504 e. The van der Waals surface area contributed by atoms with Crippen LogP contribution in [0.25, 0.3) is 0 Å². The van der Waals surface area contributed by atoms with Gasteiger partial charge < -0.3 is 14.3 Å². The fraction of sp³-hybridized carbons (Fsp3) is 0.353. The van der Waals surface area contributed by atoms with Gasteiger partial charge >= 0.3 is 0 Å². The molecule has 2 rings (SSSR count). The second-order valence-electron chi connectivity index (χ2n) is 5.53. The average Bonchev–Trinajstić information content (AvgIpc) is 2.91. The summed E-state index contributed by atoms with van der Waals surface area (Å²) in [5.74, 6) is 1.55. The third-order valence-corrected chi connectivity index (χ3v) is 3.02. The van der Waals surface area contributed by atoms with E-state index in [1.807, 2.05) is 26.8 Å². The summed E-state index contributed by atoms with van der Waals surface area (Å²) in [6, 6.07) is 6.87. The number of aromatic nitrogens is 1. The van der Waals surface area contributed by atoms with E-state index in [4.69, 9.17) is 14.4 Å². The third-order valence-electron chi connectivity index (χ3n) is 3.02. The number of nitriles is 1. The van der Waals surface area contributed by atoms with E-state index in [0.29, 0.717) is 30.6 Å². The van der Waals surface area contributed by atoms with Gasteiger partial charge in [0.25, 0.3) is 5.88 Å². The maximum absolute atomic E-state index is 9.67. The van der Waals surface area contributed by atoms with Crippen LogP contribution in [0.5, 0.6) is 11.5 Å². The molecule has 1 aromatic heterocycles. The van der Waals surface area contributed by atoms with Gasteiger partial charge in [-0.2, -0.15) is 10.4 Å². The minimum absolute atomic E-state index is 0.0716. The predicted octanol–water partition coefficient (Wildman–Crippen LogP) is 3.30. The van der Waals surface area contributed by atoms with E-state index < -0.39 is 0 Å². The van der Waals surface area contributed by atoms with Crippen molar-refractivity contribution < 1.29 is 14.3 Å². The smallest absolute Gasteiger partial charge is 0.252 e. The molecule has 0 unspecified atom stereocenters. The lowest BCUT2D eigenvalue weighted by atomic mass is 10.1. The number of nitrogens with one attached hydrogen (secondary N) is 1. The van der Waals surface area contributed by atoms with E-state index in [0.717, 1.165) is 5.56 Å². The van der Waals surface area contributed by atoms with Gasteiger partial charge in [-0.05, 0) is 36.6 Å². The third kappa shape index (κ3) is 4.49. The van der Waals surface area contributed by atoms with Gasteiger partial charge in [-0.1, -0.05) is 13.8 Å². The van der Waals surface area contributed by atoms with E-state index in [-0.39, 0.29) is 17.3 Å². The number of nitrogens with zero attached hydrogens (tertiary/aromatic N) is 3. The number of anilines is 1. The average molecular weight is 328 g/mol. The molecule has 0 aliphatic heterocycles. The van der Waals surface area contributed by atoms with Crippen molar-refractivity contribution >= 4 is 12.1 Å². The summed E-state index contributed by atoms with van der Waals surface area (Å²) in [4.78, 5) is 4.13. The summed E-state index contributed by atoms with van der Waals surface area (Å²) in [5, 5.41) is 22.8. The van der Waals surface area contributed by atoms with Crippen molar-refractivity contribution in [1.82, 2.24) is 4.98 Å². The lowest BCUT2D eigenvalue weighted by molar-refractivity contribution is 0.318. The first-order valence-electron chi connectivity index (χ1n) is 7.68. The molecule has 0 aliphatic rings. The molecule has 0 bridgehead atoms. The fourth-order valence-electron chi connectivity index (χ4n) is 2.00. The molecule has 0 fully saturated rings. The monoisotopic (exact) mass is 328 g/mol. The standard InChI is InChI=1S/C17H20N4O3/c1-4-23-15-8-12(5-6-14(15)22)10-19-21-17-13(9-18)20-16(24-17)7-11(2)3/h5-6,8,10-11,21-22H,4,7H2,1-3H3/b19-10-. The van der Waals surface area contributed by atoms with Crippen LogP contribution < -0.4 is 10.2 Å². The van der Waals surface area contributed by atoms with Gasteiger partial charge in [-0.3, -0.25) is 0 Å². The summed E-state index contributed by atoms with van der Waals surface area (Å²) >= 11 is 0. The number of ether oxygens (including phenoxy) is 1. The summed E-state index contributed by atoms with van der Waals surface area (Å²) in [6.45, 7) is 6.38. The minimum atomic E-state index is 0.0716. The van der Waals surface area contributed by atoms with E-state index >= 15 is 0 Å². The number of hydrogen-bond donors (Lipinski definition) is 2. The van der Waals surface area contributed by atoms with Crippen molar-refractivity contribution in [2.45, 2.75) is 27.2 Å². The predicted molar refractivity (Wildman–Crippen MR) is 90.3 cm³/mol. The van der Waals surface area contributed by atoms with E-state index in [1.165, 1.54) is 12.3 Å². The Kier molecular flexibility index (Phi) is 5.79. The van der Waals surface area contributed by atoms with Crippen LogP contribution in [0.3, 0.4) is 0 Å². The van der Waals surface area contributed by atoms with Gasteiger partial charge in [0.2, 0.25) is 5.69 Å². The summed E-state index contributed by atoms with van der Waals surface area (Å²) in [5.41, 5.74) is 3.58. The van der Waals surface area contributed by atoms with Gasteiger partial charge in [0.15, 0.2) is 17.4 Å². The van der Waals surface area contributed by atoms with E-state index in [9.17, 15) is 5.11 Å². The highest BCUT2D eigenvalue weighted by Gasteiger charge is 2.13. The second-order valence-corrected chi connectivity index (χ2v) is 5.53. The van der Waals surface area contributed by atoms with Crippen LogP contribution in [-0.4, -0.2) is 22.9 Å². The molecule has 2 N–H and O–H groups in total. The van der Waals surface area contributed by atoms with E-state index in [1.54, 1.807) is 12.1 Å². The molecule has 0 saturated carbocycles. The molecule has 0 spiro atoms. The van der Waals surface area contributed by atoms with Gasteiger partial charge in [0, 0.05) is 6.42 Å².